The van der Waals surface area contributed by atoms with Gasteiger partial charge in [-0.3, -0.25) is 9.67 Å². The Hall–Kier alpha value is -2.64. The third-order valence-corrected chi connectivity index (χ3v) is 3.17. The van der Waals surface area contributed by atoms with Gasteiger partial charge in [0, 0.05) is 31.9 Å². The van der Waals surface area contributed by atoms with E-state index in [9.17, 15) is 8.78 Å². The minimum atomic E-state index is -2.88. The summed E-state index contributed by atoms with van der Waals surface area (Å²) in [5.41, 5.74) is 1.90. The van der Waals surface area contributed by atoms with E-state index in [0.29, 0.717) is 17.9 Å². The van der Waals surface area contributed by atoms with Crippen molar-refractivity contribution in [2.75, 3.05) is 0 Å². The van der Waals surface area contributed by atoms with Crippen LogP contribution in [0, 0.1) is 0 Å². The zero-order chi connectivity index (χ0) is 15.7. The van der Waals surface area contributed by atoms with Crippen LogP contribution in [0.25, 0.3) is 11.4 Å². The average molecular weight is 304 g/mol. The van der Waals surface area contributed by atoms with Gasteiger partial charge in [0.05, 0.1) is 18.4 Å². The molecule has 0 spiro atoms. The van der Waals surface area contributed by atoms with Crippen LogP contribution >= 0.6 is 0 Å². The highest BCUT2D eigenvalue weighted by atomic mass is 19.3. The van der Waals surface area contributed by atoms with Crippen molar-refractivity contribution in [1.82, 2.24) is 29.8 Å². The number of hydrogen-bond donors (Lipinski definition) is 0. The summed E-state index contributed by atoms with van der Waals surface area (Å²) < 4.78 is 29.5. The quantitative estimate of drug-likeness (QED) is 0.741. The first-order valence-electron chi connectivity index (χ1n) is 6.65. The molecule has 0 amide bonds. The number of rotatable bonds is 4. The molecule has 6 nitrogen and oxygen atoms in total. The number of halogens is 2. The van der Waals surface area contributed by atoms with E-state index in [-0.39, 0.29) is 5.56 Å². The molecular formula is C14H14F2N6. The van der Waals surface area contributed by atoms with Crippen molar-refractivity contribution in [3.8, 4) is 11.4 Å². The van der Waals surface area contributed by atoms with E-state index >= 15 is 0 Å². The summed E-state index contributed by atoms with van der Waals surface area (Å²) >= 11 is 0. The van der Waals surface area contributed by atoms with Crippen molar-refractivity contribution in [2.45, 2.75) is 19.4 Å². The molecule has 0 N–H and O–H groups in total. The maximum Gasteiger partial charge on any atom is 0.272 e. The minimum Gasteiger partial charge on any atom is -0.275 e. The smallest absolute Gasteiger partial charge is 0.272 e. The molecule has 0 atom stereocenters. The molecule has 3 aromatic rings. The molecule has 0 bridgehead atoms. The Bertz CT molecular complexity index is 769. The summed E-state index contributed by atoms with van der Waals surface area (Å²) in [5, 5.41) is 12.3. The van der Waals surface area contributed by atoms with Crippen molar-refractivity contribution < 1.29 is 8.78 Å². The van der Waals surface area contributed by atoms with E-state index in [4.69, 9.17) is 0 Å². The Morgan fingerprint density at radius 1 is 1.18 bits per heavy atom. The maximum absolute atomic E-state index is 13.1. The molecule has 0 aliphatic carbocycles. The first-order chi connectivity index (χ1) is 10.4. The fourth-order valence-electron chi connectivity index (χ4n) is 1.99. The summed E-state index contributed by atoms with van der Waals surface area (Å²) in [7, 11) is 1.82. The van der Waals surface area contributed by atoms with E-state index in [0.717, 1.165) is 12.6 Å². The average Bonchev–Trinajstić information content (AvgIpc) is 3.07. The molecule has 0 saturated carbocycles. The number of pyridine rings is 1. The van der Waals surface area contributed by atoms with Gasteiger partial charge in [0.25, 0.3) is 5.92 Å². The SMILES string of the molecule is Cn1ccc(-c2cn(Cc3ccc(C(C)(F)F)cn3)nn2)n1. The second-order valence-electron chi connectivity index (χ2n) is 5.10. The van der Waals surface area contributed by atoms with E-state index in [1.54, 1.807) is 21.6 Å². The van der Waals surface area contributed by atoms with Gasteiger partial charge in [-0.25, -0.2) is 13.5 Å². The third-order valence-electron chi connectivity index (χ3n) is 3.17. The van der Waals surface area contributed by atoms with Gasteiger partial charge < -0.3 is 0 Å². The predicted octanol–water partition coefficient (Wildman–Crippen LogP) is 2.23. The normalized spacial score (nSPS) is 11.8. The highest BCUT2D eigenvalue weighted by molar-refractivity contribution is 5.51. The summed E-state index contributed by atoms with van der Waals surface area (Å²) in [5.74, 6) is -2.88. The molecule has 0 unspecified atom stereocenters. The number of aromatic nitrogens is 6. The maximum atomic E-state index is 13.1. The lowest BCUT2D eigenvalue weighted by Crippen LogP contribution is -2.09. The lowest BCUT2D eigenvalue weighted by Gasteiger charge is -2.10. The van der Waals surface area contributed by atoms with Crippen molar-refractivity contribution >= 4 is 0 Å². The van der Waals surface area contributed by atoms with Gasteiger partial charge in [-0.05, 0) is 18.2 Å². The van der Waals surface area contributed by atoms with E-state index in [2.05, 4.69) is 20.4 Å². The van der Waals surface area contributed by atoms with Gasteiger partial charge in [-0.15, -0.1) is 5.10 Å². The Morgan fingerprint density at radius 3 is 2.59 bits per heavy atom. The predicted molar refractivity (Wildman–Crippen MR) is 75.1 cm³/mol. The molecule has 0 aromatic carbocycles. The van der Waals surface area contributed by atoms with Crippen LogP contribution in [-0.4, -0.2) is 29.8 Å². The Kier molecular flexibility index (Phi) is 3.44. The van der Waals surface area contributed by atoms with Gasteiger partial charge in [0.15, 0.2) is 0 Å². The van der Waals surface area contributed by atoms with Crippen molar-refractivity contribution in [1.29, 1.82) is 0 Å². The molecule has 3 aromatic heterocycles. The molecule has 0 aliphatic heterocycles. The summed E-state index contributed by atoms with van der Waals surface area (Å²) in [6, 6.07) is 4.78. The summed E-state index contributed by atoms with van der Waals surface area (Å²) in [6.07, 6.45) is 4.75. The van der Waals surface area contributed by atoms with Crippen LogP contribution in [0.3, 0.4) is 0 Å². The fourth-order valence-corrected chi connectivity index (χ4v) is 1.99. The van der Waals surface area contributed by atoms with Crippen molar-refractivity contribution in [3.63, 3.8) is 0 Å². The van der Waals surface area contributed by atoms with E-state index < -0.39 is 5.92 Å². The molecule has 8 heteroatoms. The van der Waals surface area contributed by atoms with E-state index in [1.165, 1.54) is 12.3 Å². The van der Waals surface area contributed by atoms with Gasteiger partial charge in [-0.1, -0.05) is 5.21 Å². The van der Waals surface area contributed by atoms with Gasteiger partial charge in [-0.2, -0.15) is 5.10 Å². The van der Waals surface area contributed by atoms with Crippen LogP contribution in [0.5, 0.6) is 0 Å². The molecule has 114 valence electrons. The highest BCUT2D eigenvalue weighted by Gasteiger charge is 2.24. The largest absolute Gasteiger partial charge is 0.275 e. The van der Waals surface area contributed by atoms with Crippen LogP contribution < -0.4 is 0 Å². The van der Waals surface area contributed by atoms with Crippen LogP contribution in [0.1, 0.15) is 18.2 Å². The van der Waals surface area contributed by atoms with Crippen LogP contribution in [-0.2, 0) is 19.5 Å². The molecule has 0 fully saturated rings. The first kappa shape index (κ1) is 14.3. The third kappa shape index (κ3) is 3.00. The standard InChI is InChI=1S/C14H14F2N6/c1-14(15,16)10-3-4-11(17-7-10)8-22-9-13(18-20-22)12-5-6-21(2)19-12/h3-7,9H,8H2,1-2H3. The van der Waals surface area contributed by atoms with Crippen LogP contribution in [0.4, 0.5) is 8.78 Å². The number of nitrogens with zero attached hydrogens (tertiary/aromatic N) is 6. The Balaban J connectivity index is 1.75. The topological polar surface area (TPSA) is 61.4 Å². The first-order valence-corrected chi connectivity index (χ1v) is 6.65. The summed E-state index contributed by atoms with van der Waals surface area (Å²) in [4.78, 5) is 4.04. The molecule has 0 radical (unpaired) electrons. The number of aryl methyl sites for hydroxylation is 1. The molecule has 3 heterocycles. The van der Waals surface area contributed by atoms with Gasteiger partial charge in [0.2, 0.25) is 0 Å². The lowest BCUT2D eigenvalue weighted by atomic mass is 10.1. The monoisotopic (exact) mass is 304 g/mol. The molecule has 22 heavy (non-hydrogen) atoms. The van der Waals surface area contributed by atoms with Gasteiger partial charge in [0.1, 0.15) is 11.4 Å². The Labute approximate surface area is 125 Å². The van der Waals surface area contributed by atoms with Crippen LogP contribution in [0.15, 0.2) is 36.8 Å². The summed E-state index contributed by atoms with van der Waals surface area (Å²) in [6.45, 7) is 1.20. The fraction of sp³-hybridized carbons (Fsp3) is 0.286. The molecule has 0 aliphatic rings. The highest BCUT2D eigenvalue weighted by Crippen LogP contribution is 2.26. The van der Waals surface area contributed by atoms with Crippen molar-refractivity contribution in [2.24, 2.45) is 7.05 Å². The molecule has 0 saturated heterocycles. The lowest BCUT2D eigenvalue weighted by molar-refractivity contribution is 0.0171. The van der Waals surface area contributed by atoms with E-state index in [1.807, 2.05) is 19.3 Å². The zero-order valence-electron chi connectivity index (χ0n) is 12.1. The second kappa shape index (κ2) is 5.28. The van der Waals surface area contributed by atoms with Crippen LogP contribution in [0.2, 0.25) is 0 Å². The Morgan fingerprint density at radius 2 is 2.00 bits per heavy atom. The number of hydrogen-bond acceptors (Lipinski definition) is 4. The second-order valence-corrected chi connectivity index (χ2v) is 5.10. The van der Waals surface area contributed by atoms with Crippen molar-refractivity contribution in [3.05, 3.63) is 48.0 Å². The number of alkyl halides is 2. The molecular weight excluding hydrogens is 290 g/mol. The van der Waals surface area contributed by atoms with Gasteiger partial charge >= 0.3 is 0 Å². The molecule has 3 rings (SSSR count). The minimum absolute atomic E-state index is 0.107. The zero-order valence-corrected chi connectivity index (χ0v) is 12.1.